The van der Waals surface area contributed by atoms with Crippen molar-refractivity contribution >= 4 is 16.5 Å². The quantitative estimate of drug-likeness (QED) is 0.420. The second-order valence-corrected chi connectivity index (χ2v) is 5.46. The Morgan fingerprint density at radius 2 is 1.74 bits per heavy atom. The maximum atomic E-state index is 5.46. The van der Waals surface area contributed by atoms with Crippen LogP contribution >= 0.6 is 0 Å². The van der Waals surface area contributed by atoms with Crippen LogP contribution in [-0.2, 0) is 4.84 Å². The van der Waals surface area contributed by atoms with E-state index in [1.807, 2.05) is 19.1 Å². The van der Waals surface area contributed by atoms with Crippen molar-refractivity contribution < 1.29 is 9.57 Å². The normalized spacial score (nSPS) is 12.0. The summed E-state index contributed by atoms with van der Waals surface area (Å²) in [4.78, 5) is 7.77. The molecule has 0 spiro atoms. The molecule has 0 saturated carbocycles. The molecule has 0 atom stereocenters. The van der Waals surface area contributed by atoms with Crippen LogP contribution in [0.25, 0.3) is 10.8 Å². The van der Waals surface area contributed by atoms with E-state index in [4.69, 9.17) is 9.57 Å². The van der Waals surface area contributed by atoms with Crippen molar-refractivity contribution in [2.24, 2.45) is 5.16 Å². The highest BCUT2D eigenvalue weighted by Crippen LogP contribution is 2.22. The van der Waals surface area contributed by atoms with Crippen molar-refractivity contribution in [3.63, 3.8) is 0 Å². The van der Waals surface area contributed by atoms with Crippen molar-refractivity contribution in [2.45, 2.75) is 20.8 Å². The van der Waals surface area contributed by atoms with Crippen LogP contribution in [0.1, 0.15) is 26.3 Å². The van der Waals surface area contributed by atoms with Gasteiger partial charge < -0.3 is 14.5 Å². The zero-order valence-electron chi connectivity index (χ0n) is 14.5. The Hall–Kier alpha value is -2.07. The standard InChI is InChI=1S/C19H26N2O2/c1-5-21(6-2)11-12-23-20-15(3)16-7-8-18-14-19(22-4)10-9-17(18)13-16/h7-10,13-14H,5-6,11-12H2,1-4H3/b20-15+. The maximum absolute atomic E-state index is 5.46. The summed E-state index contributed by atoms with van der Waals surface area (Å²) >= 11 is 0. The van der Waals surface area contributed by atoms with Gasteiger partial charge in [-0.25, -0.2) is 0 Å². The third-order valence-electron chi connectivity index (χ3n) is 4.06. The third kappa shape index (κ3) is 4.70. The molecule has 4 nitrogen and oxygen atoms in total. The van der Waals surface area contributed by atoms with E-state index < -0.39 is 0 Å². The van der Waals surface area contributed by atoms with Gasteiger partial charge in [0.2, 0.25) is 0 Å². The number of benzene rings is 2. The third-order valence-corrected chi connectivity index (χ3v) is 4.06. The molecule has 0 aromatic heterocycles. The van der Waals surface area contributed by atoms with Crippen molar-refractivity contribution in [1.82, 2.24) is 4.90 Å². The molecular weight excluding hydrogens is 288 g/mol. The topological polar surface area (TPSA) is 34.1 Å². The molecule has 0 heterocycles. The van der Waals surface area contributed by atoms with Gasteiger partial charge in [-0.3, -0.25) is 0 Å². The summed E-state index contributed by atoms with van der Waals surface area (Å²) in [5.41, 5.74) is 1.97. The average Bonchev–Trinajstić information content (AvgIpc) is 2.60. The predicted molar refractivity (Wildman–Crippen MR) is 96.5 cm³/mol. The Bertz CT molecular complexity index is 663. The Kier molecular flexibility index (Phi) is 6.41. The number of methoxy groups -OCH3 is 1. The monoisotopic (exact) mass is 314 g/mol. The highest BCUT2D eigenvalue weighted by atomic mass is 16.6. The smallest absolute Gasteiger partial charge is 0.129 e. The highest BCUT2D eigenvalue weighted by molar-refractivity contribution is 6.01. The van der Waals surface area contributed by atoms with Gasteiger partial charge in [0.05, 0.1) is 12.8 Å². The van der Waals surface area contributed by atoms with Crippen molar-refractivity contribution in [1.29, 1.82) is 0 Å². The first-order valence-electron chi connectivity index (χ1n) is 8.15. The van der Waals surface area contributed by atoms with Gasteiger partial charge in [0.25, 0.3) is 0 Å². The first kappa shape index (κ1) is 17.3. The van der Waals surface area contributed by atoms with Crippen LogP contribution in [0, 0.1) is 0 Å². The van der Waals surface area contributed by atoms with Crippen molar-refractivity contribution in [2.75, 3.05) is 33.4 Å². The largest absolute Gasteiger partial charge is 0.497 e. The minimum absolute atomic E-state index is 0.615. The SMILES string of the molecule is CCN(CC)CCO/N=C(\C)c1ccc2cc(OC)ccc2c1. The molecule has 0 fully saturated rings. The summed E-state index contributed by atoms with van der Waals surface area (Å²) in [6.07, 6.45) is 0. The van der Waals surface area contributed by atoms with Gasteiger partial charge >= 0.3 is 0 Å². The molecule has 0 bridgehead atoms. The molecule has 0 N–H and O–H groups in total. The molecule has 0 saturated heterocycles. The van der Waals surface area contributed by atoms with Crippen LogP contribution in [0.3, 0.4) is 0 Å². The lowest BCUT2D eigenvalue weighted by molar-refractivity contribution is 0.114. The van der Waals surface area contributed by atoms with Crippen LogP contribution in [0.4, 0.5) is 0 Å². The van der Waals surface area contributed by atoms with E-state index in [1.54, 1.807) is 7.11 Å². The van der Waals surface area contributed by atoms with Crippen LogP contribution < -0.4 is 4.74 Å². The molecule has 2 rings (SSSR count). The van der Waals surface area contributed by atoms with Crippen molar-refractivity contribution in [3.8, 4) is 5.75 Å². The average molecular weight is 314 g/mol. The number of rotatable bonds is 8. The van der Waals surface area contributed by atoms with Gasteiger partial charge in [-0.05, 0) is 54.5 Å². The lowest BCUT2D eigenvalue weighted by Gasteiger charge is -2.16. The number of hydrogen-bond acceptors (Lipinski definition) is 4. The predicted octanol–water partition coefficient (Wildman–Crippen LogP) is 3.93. The second-order valence-electron chi connectivity index (χ2n) is 5.46. The van der Waals surface area contributed by atoms with Gasteiger partial charge in [-0.1, -0.05) is 37.2 Å². The van der Waals surface area contributed by atoms with E-state index in [-0.39, 0.29) is 0 Å². The van der Waals surface area contributed by atoms with Crippen LogP contribution in [0.15, 0.2) is 41.6 Å². The molecule has 0 aliphatic carbocycles. The molecule has 0 unspecified atom stereocenters. The highest BCUT2D eigenvalue weighted by Gasteiger charge is 2.03. The maximum Gasteiger partial charge on any atom is 0.129 e. The van der Waals surface area contributed by atoms with Gasteiger partial charge in [0.15, 0.2) is 0 Å². The van der Waals surface area contributed by atoms with E-state index in [2.05, 4.69) is 48.2 Å². The number of ether oxygens (including phenoxy) is 1. The zero-order valence-corrected chi connectivity index (χ0v) is 14.5. The summed E-state index contributed by atoms with van der Waals surface area (Å²) in [5.74, 6) is 0.871. The molecule has 2 aromatic carbocycles. The van der Waals surface area contributed by atoms with Crippen LogP contribution in [-0.4, -0.2) is 44.0 Å². The molecular formula is C19H26N2O2. The summed E-state index contributed by atoms with van der Waals surface area (Å²) in [7, 11) is 1.68. The minimum Gasteiger partial charge on any atom is -0.497 e. The van der Waals surface area contributed by atoms with E-state index in [9.17, 15) is 0 Å². The second kappa shape index (κ2) is 8.53. The molecule has 124 valence electrons. The summed E-state index contributed by atoms with van der Waals surface area (Å²) in [6.45, 7) is 9.88. The number of oxime groups is 1. The summed E-state index contributed by atoms with van der Waals surface area (Å²) < 4.78 is 5.26. The minimum atomic E-state index is 0.615. The summed E-state index contributed by atoms with van der Waals surface area (Å²) in [6, 6.07) is 12.3. The Labute approximate surface area is 138 Å². The van der Waals surface area contributed by atoms with E-state index in [0.717, 1.165) is 42.0 Å². The first-order chi connectivity index (χ1) is 11.2. The fourth-order valence-electron chi connectivity index (χ4n) is 2.48. The molecule has 0 radical (unpaired) electrons. The van der Waals surface area contributed by atoms with Crippen molar-refractivity contribution in [3.05, 3.63) is 42.0 Å². The Morgan fingerprint density at radius 3 is 2.43 bits per heavy atom. The lowest BCUT2D eigenvalue weighted by atomic mass is 10.0. The van der Waals surface area contributed by atoms with Gasteiger partial charge in [-0.2, -0.15) is 0 Å². The fraction of sp³-hybridized carbons (Fsp3) is 0.421. The number of nitrogens with zero attached hydrogens (tertiary/aromatic N) is 2. The van der Waals surface area contributed by atoms with E-state index >= 15 is 0 Å². The van der Waals surface area contributed by atoms with Gasteiger partial charge in [0, 0.05) is 6.54 Å². The zero-order chi connectivity index (χ0) is 16.7. The van der Waals surface area contributed by atoms with E-state index in [0.29, 0.717) is 6.61 Å². The Balaban J connectivity index is 2.02. The molecule has 23 heavy (non-hydrogen) atoms. The first-order valence-corrected chi connectivity index (χ1v) is 8.15. The van der Waals surface area contributed by atoms with Gasteiger partial charge in [-0.15, -0.1) is 0 Å². The number of likely N-dealkylation sites (N-methyl/N-ethyl adjacent to an activating group) is 1. The number of fused-ring (bicyclic) bond motifs is 1. The lowest BCUT2D eigenvalue weighted by Crippen LogP contribution is -2.26. The van der Waals surface area contributed by atoms with E-state index in [1.165, 1.54) is 5.39 Å². The molecule has 0 amide bonds. The van der Waals surface area contributed by atoms with Crippen LogP contribution in [0.5, 0.6) is 5.75 Å². The fourth-order valence-corrected chi connectivity index (χ4v) is 2.48. The Morgan fingerprint density at radius 1 is 1.04 bits per heavy atom. The molecule has 0 aliphatic heterocycles. The number of hydrogen-bond donors (Lipinski definition) is 0. The van der Waals surface area contributed by atoms with Gasteiger partial charge in [0.1, 0.15) is 12.4 Å². The van der Waals surface area contributed by atoms with Crippen LogP contribution in [0.2, 0.25) is 0 Å². The molecule has 2 aromatic rings. The summed E-state index contributed by atoms with van der Waals surface area (Å²) in [5, 5.41) is 6.56. The molecule has 4 heteroatoms. The molecule has 0 aliphatic rings.